The van der Waals surface area contributed by atoms with Crippen molar-refractivity contribution in [3.05, 3.63) is 64.2 Å². The Bertz CT molecular complexity index is 1250. The number of carboxylic acids is 1. The molecule has 2 aliphatic rings. The number of carboxylic acid groups (broad SMARTS) is 1. The number of rotatable bonds is 9. The van der Waals surface area contributed by atoms with Crippen LogP contribution in [0.15, 0.2) is 30.3 Å². The Morgan fingerprint density at radius 3 is 2.32 bits per heavy atom. The average Bonchev–Trinajstić information content (AvgIpc) is 2.88. The molecule has 2 aliphatic heterocycles. The maximum atomic E-state index is 13.2. The number of ether oxygens (including phenoxy) is 1. The molecule has 0 amide bonds. The molecule has 1 N–H and O–H groups in total. The fraction of sp³-hybridized carbons (Fsp3) is 0.588. The van der Waals surface area contributed by atoms with Crippen LogP contribution in [0.3, 0.4) is 0 Å². The Morgan fingerprint density at radius 1 is 1.10 bits per heavy atom. The molecule has 1 aromatic carbocycles. The number of halogens is 1. The zero-order valence-corrected chi connectivity index (χ0v) is 26.0. The van der Waals surface area contributed by atoms with E-state index in [2.05, 4.69) is 36.6 Å². The molecule has 224 valence electrons. The smallest absolute Gasteiger partial charge is 0.337 e. The van der Waals surface area contributed by atoms with Gasteiger partial charge in [0.05, 0.1) is 11.3 Å². The monoisotopic (exact) mass is 565 g/mol. The molecular weight excluding hydrogens is 517 g/mol. The van der Waals surface area contributed by atoms with Gasteiger partial charge in [0, 0.05) is 48.7 Å². The maximum absolute atomic E-state index is 13.2. The number of aryl methyl sites for hydroxylation is 3. The minimum absolute atomic E-state index is 0.196. The zero-order chi connectivity index (χ0) is 29.9. The van der Waals surface area contributed by atoms with E-state index in [4.69, 9.17) is 9.72 Å². The largest absolute Gasteiger partial charge is 0.479 e. The Balaban J connectivity index is 1.65. The second-order valence-corrected chi connectivity index (χ2v) is 13.5. The molecule has 4 rings (SSSR count). The number of anilines is 1. The van der Waals surface area contributed by atoms with E-state index in [0.29, 0.717) is 5.56 Å². The quantitative estimate of drug-likeness (QED) is 0.349. The first kappa shape index (κ1) is 31.2. The molecule has 1 aromatic heterocycles. The predicted molar refractivity (Wildman–Crippen MR) is 164 cm³/mol. The van der Waals surface area contributed by atoms with Gasteiger partial charge in [-0.05, 0) is 102 Å². The van der Waals surface area contributed by atoms with E-state index in [1.54, 1.807) is 0 Å². The predicted octanol–water partition coefficient (Wildman–Crippen LogP) is 7.13. The molecule has 1 fully saturated rings. The van der Waals surface area contributed by atoms with E-state index in [0.717, 1.165) is 93.0 Å². The molecule has 0 unspecified atom stereocenters. The molecule has 0 saturated carbocycles. The van der Waals surface area contributed by atoms with Crippen molar-refractivity contribution in [2.45, 2.75) is 92.3 Å². The topological polar surface area (TPSA) is 65.9 Å². The first-order chi connectivity index (χ1) is 19.2. The van der Waals surface area contributed by atoms with Crippen LogP contribution in [0.1, 0.15) is 94.5 Å². The molecular formula is C34H48FN3O3. The number of nitrogens with zero attached hydrogens (tertiary/aromatic N) is 3. The highest BCUT2D eigenvalue weighted by Crippen LogP contribution is 2.44. The van der Waals surface area contributed by atoms with Crippen LogP contribution in [0.5, 0.6) is 0 Å². The fourth-order valence-corrected chi connectivity index (χ4v) is 6.09. The number of carbonyl (C=O) groups is 1. The van der Waals surface area contributed by atoms with Crippen LogP contribution in [0, 0.1) is 25.1 Å². The van der Waals surface area contributed by atoms with Gasteiger partial charge in [-0.1, -0.05) is 32.1 Å². The first-order valence-corrected chi connectivity index (χ1v) is 15.1. The van der Waals surface area contributed by atoms with Crippen molar-refractivity contribution in [3.63, 3.8) is 0 Å². The fourth-order valence-electron chi connectivity index (χ4n) is 6.09. The molecule has 0 aliphatic carbocycles. The molecule has 0 bridgehead atoms. The van der Waals surface area contributed by atoms with Gasteiger partial charge in [0.25, 0.3) is 0 Å². The summed E-state index contributed by atoms with van der Waals surface area (Å²) in [6.07, 6.45) is 6.13. The van der Waals surface area contributed by atoms with E-state index < -0.39 is 17.7 Å². The van der Waals surface area contributed by atoms with Crippen LogP contribution in [0.2, 0.25) is 0 Å². The van der Waals surface area contributed by atoms with Gasteiger partial charge in [0.15, 0.2) is 6.10 Å². The van der Waals surface area contributed by atoms with Gasteiger partial charge in [-0.25, -0.2) is 9.18 Å². The lowest BCUT2D eigenvalue weighted by atomic mass is 9.81. The standard InChI is InChI=1S/C34H48FN3O3/c1-23-28(26-14-19-37(20-15-26)18-8-9-25-10-12-27(35)13-11-25)30(38-21-16-34(6,7)17-22-38)29(24(2)36-23)31(32(39)40)41-33(3,4)5/h10-14,31H,8-9,15-22H2,1-7H3,(H,39,40)/t31-/m0/s1. The van der Waals surface area contributed by atoms with Gasteiger partial charge < -0.3 is 14.7 Å². The van der Waals surface area contributed by atoms with Crippen molar-refractivity contribution in [2.75, 3.05) is 37.6 Å². The van der Waals surface area contributed by atoms with E-state index in [1.165, 1.54) is 17.7 Å². The molecule has 6 nitrogen and oxygen atoms in total. The Morgan fingerprint density at radius 2 is 1.76 bits per heavy atom. The van der Waals surface area contributed by atoms with Gasteiger partial charge in [-0.2, -0.15) is 0 Å². The second kappa shape index (κ2) is 12.6. The lowest BCUT2D eigenvalue weighted by Crippen LogP contribution is -2.40. The number of hydrogen-bond donors (Lipinski definition) is 1. The highest BCUT2D eigenvalue weighted by atomic mass is 19.1. The summed E-state index contributed by atoms with van der Waals surface area (Å²) in [7, 11) is 0. The second-order valence-electron chi connectivity index (χ2n) is 13.5. The third kappa shape index (κ3) is 7.95. The van der Waals surface area contributed by atoms with Crippen molar-refractivity contribution in [1.29, 1.82) is 0 Å². The molecule has 7 heteroatoms. The molecule has 41 heavy (non-hydrogen) atoms. The first-order valence-electron chi connectivity index (χ1n) is 15.1. The van der Waals surface area contributed by atoms with Crippen LogP contribution in [-0.2, 0) is 16.0 Å². The highest BCUT2D eigenvalue weighted by Gasteiger charge is 2.37. The Labute approximate surface area is 245 Å². The van der Waals surface area contributed by atoms with E-state index in [9.17, 15) is 14.3 Å². The molecule has 1 saturated heterocycles. The van der Waals surface area contributed by atoms with Gasteiger partial charge >= 0.3 is 5.97 Å². The lowest BCUT2D eigenvalue weighted by Gasteiger charge is -2.41. The Hall–Kier alpha value is -2.77. The number of hydrogen-bond acceptors (Lipinski definition) is 5. The van der Waals surface area contributed by atoms with Crippen LogP contribution < -0.4 is 4.90 Å². The van der Waals surface area contributed by atoms with Crippen molar-refractivity contribution >= 4 is 17.2 Å². The number of aromatic nitrogens is 1. The maximum Gasteiger partial charge on any atom is 0.337 e. The average molecular weight is 566 g/mol. The highest BCUT2D eigenvalue weighted by molar-refractivity contribution is 5.86. The summed E-state index contributed by atoms with van der Waals surface area (Å²) in [5.41, 5.74) is 6.48. The summed E-state index contributed by atoms with van der Waals surface area (Å²) in [4.78, 5) is 22.5. The van der Waals surface area contributed by atoms with Gasteiger partial charge in [-0.15, -0.1) is 0 Å². The minimum atomic E-state index is -1.10. The van der Waals surface area contributed by atoms with Crippen molar-refractivity contribution in [1.82, 2.24) is 9.88 Å². The molecule has 1 atom stereocenters. The van der Waals surface area contributed by atoms with Crippen molar-refractivity contribution < 1.29 is 19.0 Å². The summed E-state index contributed by atoms with van der Waals surface area (Å²) in [6, 6.07) is 6.79. The van der Waals surface area contributed by atoms with Crippen molar-refractivity contribution in [2.24, 2.45) is 5.41 Å². The van der Waals surface area contributed by atoms with E-state index in [1.807, 2.05) is 39.8 Å². The number of pyridine rings is 1. The number of piperidine rings is 1. The van der Waals surface area contributed by atoms with Crippen LogP contribution >= 0.6 is 0 Å². The van der Waals surface area contributed by atoms with Crippen LogP contribution in [0.4, 0.5) is 10.1 Å². The number of benzene rings is 1. The molecule has 0 spiro atoms. The molecule has 3 heterocycles. The molecule has 0 radical (unpaired) electrons. The van der Waals surface area contributed by atoms with Crippen LogP contribution in [-0.4, -0.2) is 59.3 Å². The summed E-state index contributed by atoms with van der Waals surface area (Å²) >= 11 is 0. The summed E-state index contributed by atoms with van der Waals surface area (Å²) in [6.45, 7) is 18.8. The van der Waals surface area contributed by atoms with Gasteiger partial charge in [-0.3, -0.25) is 9.88 Å². The van der Waals surface area contributed by atoms with E-state index >= 15 is 0 Å². The zero-order valence-electron chi connectivity index (χ0n) is 26.0. The summed E-state index contributed by atoms with van der Waals surface area (Å²) < 4.78 is 19.4. The van der Waals surface area contributed by atoms with Crippen LogP contribution in [0.25, 0.3) is 5.57 Å². The van der Waals surface area contributed by atoms with Gasteiger partial charge in [0.2, 0.25) is 0 Å². The Kier molecular flexibility index (Phi) is 9.59. The van der Waals surface area contributed by atoms with Crippen molar-refractivity contribution in [3.8, 4) is 0 Å². The van der Waals surface area contributed by atoms with Gasteiger partial charge in [0.1, 0.15) is 5.82 Å². The summed E-state index contributed by atoms with van der Waals surface area (Å²) in [5, 5.41) is 10.4. The minimum Gasteiger partial charge on any atom is -0.479 e. The SMILES string of the molecule is Cc1nc(C)c([C@H](OC(C)(C)C)C(=O)O)c(N2CCC(C)(C)CC2)c1C1=CCN(CCCc2ccc(F)cc2)CC1. The molecule has 2 aromatic rings. The van der Waals surface area contributed by atoms with E-state index in [-0.39, 0.29) is 11.2 Å². The lowest BCUT2D eigenvalue weighted by molar-refractivity contribution is -0.160. The normalized spacial score (nSPS) is 18.7. The third-order valence-electron chi connectivity index (χ3n) is 8.44. The summed E-state index contributed by atoms with van der Waals surface area (Å²) in [5.74, 6) is -1.18. The number of aliphatic carboxylic acids is 1. The third-order valence-corrected chi connectivity index (χ3v) is 8.44.